The van der Waals surface area contributed by atoms with Crippen molar-refractivity contribution in [3.05, 3.63) is 47.0 Å². The number of esters is 1. The van der Waals surface area contributed by atoms with Crippen LogP contribution in [0.3, 0.4) is 0 Å². The topological polar surface area (TPSA) is 73.2 Å². The largest absolute Gasteiger partial charge is 0.467 e. The number of thiophene rings is 1. The average Bonchev–Trinajstić information content (AvgIpc) is 3.26. The van der Waals surface area contributed by atoms with Crippen LogP contribution in [0.2, 0.25) is 0 Å². The monoisotopic (exact) mass is 385 g/mol. The van der Waals surface area contributed by atoms with Gasteiger partial charge in [0, 0.05) is 5.39 Å². The van der Waals surface area contributed by atoms with Crippen LogP contribution in [0.15, 0.2) is 36.4 Å². The number of nitrogens with zero attached hydrogens (tertiary/aromatic N) is 2. The summed E-state index contributed by atoms with van der Waals surface area (Å²) in [5.41, 5.74) is 1.80. The number of methoxy groups -OCH3 is 1. The highest BCUT2D eigenvalue weighted by Crippen LogP contribution is 2.30. The van der Waals surface area contributed by atoms with Gasteiger partial charge >= 0.3 is 5.97 Å². The Labute approximate surface area is 162 Å². The minimum absolute atomic E-state index is 0.0164. The quantitative estimate of drug-likeness (QED) is 0.657. The molecule has 3 aromatic rings. The lowest BCUT2D eigenvalue weighted by Gasteiger charge is -2.21. The molecule has 0 saturated carbocycles. The van der Waals surface area contributed by atoms with E-state index in [4.69, 9.17) is 4.74 Å². The first-order valence-electron chi connectivity index (χ1n) is 8.89. The fourth-order valence-electron chi connectivity index (χ4n) is 2.91. The predicted octanol–water partition coefficient (Wildman–Crippen LogP) is 3.71. The van der Waals surface area contributed by atoms with E-state index >= 15 is 0 Å². The summed E-state index contributed by atoms with van der Waals surface area (Å²) >= 11 is 1.36. The summed E-state index contributed by atoms with van der Waals surface area (Å²) in [7, 11) is 1.33. The lowest BCUT2D eigenvalue weighted by Crippen LogP contribution is -2.45. The lowest BCUT2D eigenvalue weighted by molar-refractivity contribution is -0.144. The zero-order valence-electron chi connectivity index (χ0n) is 15.9. The van der Waals surface area contributed by atoms with Crippen molar-refractivity contribution in [2.75, 3.05) is 7.11 Å². The molecule has 2 atom stereocenters. The van der Waals surface area contributed by atoms with E-state index in [1.165, 1.54) is 18.4 Å². The van der Waals surface area contributed by atoms with Gasteiger partial charge in [-0.2, -0.15) is 5.10 Å². The van der Waals surface area contributed by atoms with Gasteiger partial charge in [0.25, 0.3) is 5.91 Å². The molecule has 142 valence electrons. The van der Waals surface area contributed by atoms with E-state index in [0.717, 1.165) is 28.0 Å². The van der Waals surface area contributed by atoms with Crippen molar-refractivity contribution < 1.29 is 14.3 Å². The first-order chi connectivity index (χ1) is 13.0. The highest BCUT2D eigenvalue weighted by atomic mass is 32.1. The highest BCUT2D eigenvalue weighted by Gasteiger charge is 2.28. The van der Waals surface area contributed by atoms with Gasteiger partial charge in [-0.25, -0.2) is 9.48 Å². The number of para-hydroxylation sites is 1. The second-order valence-corrected chi connectivity index (χ2v) is 7.55. The van der Waals surface area contributed by atoms with E-state index in [2.05, 4.69) is 10.4 Å². The molecule has 6 nitrogen and oxygen atoms in total. The number of carbonyl (C=O) groups is 2. The molecule has 0 bridgehead atoms. The van der Waals surface area contributed by atoms with Crippen LogP contribution in [0.5, 0.6) is 0 Å². The van der Waals surface area contributed by atoms with E-state index in [1.54, 1.807) is 0 Å². The molecule has 2 unspecified atom stereocenters. The van der Waals surface area contributed by atoms with Crippen molar-refractivity contribution in [2.24, 2.45) is 5.92 Å². The number of ether oxygens (including phenoxy) is 1. The number of hydrogen-bond acceptors (Lipinski definition) is 5. The van der Waals surface area contributed by atoms with Crippen LogP contribution < -0.4 is 5.32 Å². The van der Waals surface area contributed by atoms with Gasteiger partial charge in [-0.15, -0.1) is 11.3 Å². The Kier molecular flexibility index (Phi) is 5.60. The molecule has 0 saturated heterocycles. The van der Waals surface area contributed by atoms with E-state index in [9.17, 15) is 9.59 Å². The van der Waals surface area contributed by atoms with Gasteiger partial charge in [-0.1, -0.05) is 38.5 Å². The second kappa shape index (κ2) is 7.92. The standard InChI is InChI=1S/C20H23N3O3S/c1-5-12(2)17(20(25)26-4)21-18(24)16-11-15-13(3)22-23(19(15)27-16)14-9-7-6-8-10-14/h6-12,17H,5H2,1-4H3,(H,21,24). The molecule has 0 aliphatic carbocycles. The summed E-state index contributed by atoms with van der Waals surface area (Å²) in [4.78, 5) is 26.3. The number of hydrogen-bond donors (Lipinski definition) is 1. The molecule has 1 aromatic carbocycles. The third-order valence-corrected chi connectivity index (χ3v) is 5.83. The molecule has 0 fully saturated rings. The molecule has 0 spiro atoms. The summed E-state index contributed by atoms with van der Waals surface area (Å²) in [5, 5.41) is 8.35. The zero-order chi connectivity index (χ0) is 19.6. The Morgan fingerprint density at radius 3 is 2.63 bits per heavy atom. The fraction of sp³-hybridized carbons (Fsp3) is 0.350. The number of benzene rings is 1. The smallest absolute Gasteiger partial charge is 0.328 e. The third kappa shape index (κ3) is 3.73. The molecule has 0 radical (unpaired) electrons. The SMILES string of the molecule is CCC(C)C(NC(=O)c1cc2c(C)nn(-c3ccccc3)c2s1)C(=O)OC. The minimum Gasteiger partial charge on any atom is -0.467 e. The van der Waals surface area contributed by atoms with Gasteiger partial charge in [-0.3, -0.25) is 4.79 Å². The molecule has 1 amide bonds. The van der Waals surface area contributed by atoms with Gasteiger partial charge in [0.1, 0.15) is 10.9 Å². The molecule has 7 heteroatoms. The maximum Gasteiger partial charge on any atom is 0.328 e. The van der Waals surface area contributed by atoms with Gasteiger partial charge in [-0.05, 0) is 31.0 Å². The van der Waals surface area contributed by atoms with Crippen molar-refractivity contribution in [2.45, 2.75) is 33.2 Å². The number of aromatic nitrogens is 2. The number of carbonyl (C=O) groups excluding carboxylic acids is 2. The van der Waals surface area contributed by atoms with Crippen molar-refractivity contribution in [3.63, 3.8) is 0 Å². The Morgan fingerprint density at radius 1 is 1.30 bits per heavy atom. The Balaban J connectivity index is 1.93. The maximum absolute atomic E-state index is 12.8. The van der Waals surface area contributed by atoms with Crippen LogP contribution in [0.1, 0.15) is 35.6 Å². The molecular weight excluding hydrogens is 362 g/mol. The number of nitrogens with one attached hydrogen (secondary N) is 1. The van der Waals surface area contributed by atoms with Crippen LogP contribution in [0.4, 0.5) is 0 Å². The predicted molar refractivity (Wildman–Crippen MR) is 106 cm³/mol. The fourth-order valence-corrected chi connectivity index (χ4v) is 4.00. The summed E-state index contributed by atoms with van der Waals surface area (Å²) in [6.45, 7) is 5.82. The van der Waals surface area contributed by atoms with Crippen molar-refractivity contribution >= 4 is 33.4 Å². The van der Waals surface area contributed by atoms with Crippen LogP contribution in [0, 0.1) is 12.8 Å². The van der Waals surface area contributed by atoms with Crippen molar-refractivity contribution in [1.29, 1.82) is 0 Å². The number of aryl methyl sites for hydroxylation is 1. The first-order valence-corrected chi connectivity index (χ1v) is 9.71. The molecule has 3 rings (SSSR count). The molecule has 2 aromatic heterocycles. The first kappa shape index (κ1) is 19.1. The normalized spacial score (nSPS) is 13.3. The van der Waals surface area contributed by atoms with Gasteiger partial charge in [0.2, 0.25) is 0 Å². The Morgan fingerprint density at radius 2 is 2.00 bits per heavy atom. The lowest BCUT2D eigenvalue weighted by atomic mass is 9.99. The maximum atomic E-state index is 12.8. The van der Waals surface area contributed by atoms with E-state index in [-0.39, 0.29) is 11.8 Å². The van der Waals surface area contributed by atoms with Gasteiger partial charge in [0.05, 0.1) is 23.4 Å². The van der Waals surface area contributed by atoms with Crippen LogP contribution in [0.25, 0.3) is 15.9 Å². The summed E-state index contributed by atoms with van der Waals surface area (Å²) in [6, 6.07) is 11.0. The highest BCUT2D eigenvalue weighted by molar-refractivity contribution is 7.20. The summed E-state index contributed by atoms with van der Waals surface area (Å²) in [5.74, 6) is -0.714. The average molecular weight is 385 g/mol. The molecule has 2 heterocycles. The molecule has 1 N–H and O–H groups in total. The molecule has 0 aliphatic heterocycles. The van der Waals surface area contributed by atoms with Crippen molar-refractivity contribution in [1.82, 2.24) is 15.1 Å². The van der Waals surface area contributed by atoms with Gasteiger partial charge < -0.3 is 10.1 Å². The number of amides is 1. The number of rotatable bonds is 6. The second-order valence-electron chi connectivity index (χ2n) is 6.52. The van der Waals surface area contributed by atoms with E-state index in [0.29, 0.717) is 4.88 Å². The molecule has 27 heavy (non-hydrogen) atoms. The minimum atomic E-state index is -0.663. The number of fused-ring (bicyclic) bond motifs is 1. The summed E-state index contributed by atoms with van der Waals surface area (Å²) < 4.78 is 6.69. The molecular formula is C20H23N3O3S. The molecule has 0 aliphatic rings. The summed E-state index contributed by atoms with van der Waals surface area (Å²) in [6.07, 6.45) is 0.758. The third-order valence-electron chi connectivity index (χ3n) is 4.72. The zero-order valence-corrected chi connectivity index (χ0v) is 16.7. The van der Waals surface area contributed by atoms with Crippen LogP contribution in [-0.2, 0) is 9.53 Å². The Bertz CT molecular complexity index is 962. The van der Waals surface area contributed by atoms with E-state index in [1.807, 2.05) is 61.9 Å². The van der Waals surface area contributed by atoms with Crippen molar-refractivity contribution in [3.8, 4) is 5.69 Å². The Hall–Kier alpha value is -2.67. The van der Waals surface area contributed by atoms with Crippen LogP contribution in [-0.4, -0.2) is 34.8 Å². The van der Waals surface area contributed by atoms with E-state index < -0.39 is 12.0 Å². The van der Waals surface area contributed by atoms with Crippen LogP contribution >= 0.6 is 11.3 Å². The van der Waals surface area contributed by atoms with Gasteiger partial charge in [0.15, 0.2) is 0 Å².